The summed E-state index contributed by atoms with van der Waals surface area (Å²) in [5.41, 5.74) is 0.0584. The second-order valence-corrected chi connectivity index (χ2v) is 18.8. The number of rotatable bonds is 42. The Balaban J connectivity index is 4.60. The zero-order valence-corrected chi connectivity index (χ0v) is 36.8. The first-order valence-electron chi connectivity index (χ1n) is 22.6. The summed E-state index contributed by atoms with van der Waals surface area (Å²) in [7, 11) is 0.410. The quantitative estimate of drug-likeness (QED) is 0.0499. The molecule has 0 saturated carbocycles. The van der Waals surface area contributed by atoms with Crippen molar-refractivity contribution in [1.29, 1.82) is 0 Å². The van der Waals surface area contributed by atoms with Crippen LogP contribution in [0.25, 0.3) is 0 Å². The molecule has 1 atom stereocenters. The highest BCUT2D eigenvalue weighted by atomic mass is 32.2. The zero-order chi connectivity index (χ0) is 36.6. The fourth-order valence-corrected chi connectivity index (χ4v) is 10.2. The third-order valence-corrected chi connectivity index (χ3v) is 13.9. The van der Waals surface area contributed by atoms with Crippen molar-refractivity contribution in [2.24, 2.45) is 0 Å². The Kier molecular flexibility index (Phi) is 40.4. The predicted octanol–water partition coefficient (Wildman–Crippen LogP) is 14.4. The van der Waals surface area contributed by atoms with E-state index in [1.54, 1.807) is 11.8 Å². The smallest absolute Gasteiger partial charge is 0.321 e. The van der Waals surface area contributed by atoms with E-state index in [2.05, 4.69) is 40.1 Å². The molecule has 0 aromatic carbocycles. The van der Waals surface area contributed by atoms with Gasteiger partial charge in [0.05, 0.1) is 6.61 Å². The van der Waals surface area contributed by atoms with Crippen molar-refractivity contribution in [3.05, 3.63) is 0 Å². The molecule has 4 nitrogen and oxygen atoms in total. The van der Waals surface area contributed by atoms with Gasteiger partial charge in [0.15, 0.2) is 5.12 Å². The van der Waals surface area contributed by atoms with Gasteiger partial charge in [0.25, 0.3) is 0 Å². The number of nitrogens with one attached hydrogen (secondary N) is 1. The van der Waals surface area contributed by atoms with E-state index < -0.39 is 9.28 Å². The van der Waals surface area contributed by atoms with E-state index in [4.69, 9.17) is 8.85 Å². The van der Waals surface area contributed by atoms with E-state index in [9.17, 15) is 4.79 Å². The van der Waals surface area contributed by atoms with Crippen LogP contribution in [0.1, 0.15) is 240 Å². The molecule has 0 aliphatic rings. The molecule has 0 aromatic rings. The molecule has 0 aromatic heterocycles. The summed E-state index contributed by atoms with van der Waals surface area (Å²) in [4.78, 5) is 12.5. The van der Waals surface area contributed by atoms with Crippen LogP contribution >= 0.6 is 11.8 Å². The second kappa shape index (κ2) is 40.3. The molecular weight excluding hydrogens is 651 g/mol. The van der Waals surface area contributed by atoms with Crippen molar-refractivity contribution in [1.82, 2.24) is 5.32 Å². The van der Waals surface area contributed by atoms with Crippen molar-refractivity contribution in [2.75, 3.05) is 26.0 Å². The third-order valence-electron chi connectivity index (χ3n) is 10.8. The van der Waals surface area contributed by atoms with Crippen molar-refractivity contribution >= 4 is 26.2 Å². The summed E-state index contributed by atoms with van der Waals surface area (Å²) in [6.45, 7) is 10.5. The highest BCUT2D eigenvalue weighted by Gasteiger charge is 2.29. The minimum Gasteiger partial charge on any atom is -0.397 e. The fourth-order valence-electron chi connectivity index (χ4n) is 7.23. The average molecular weight is 742 g/mol. The van der Waals surface area contributed by atoms with Crippen molar-refractivity contribution in [3.63, 3.8) is 0 Å². The van der Waals surface area contributed by atoms with Crippen molar-refractivity contribution in [2.45, 2.75) is 251 Å². The number of likely N-dealkylation sites (N-methyl/N-ethyl adjacent to an activating group) is 1. The molecule has 0 amide bonds. The number of carbonyl (C=O) groups excluding carboxylic acids is 1. The van der Waals surface area contributed by atoms with Gasteiger partial charge in [0.1, 0.15) is 0 Å². The molecule has 0 fully saturated rings. The summed E-state index contributed by atoms with van der Waals surface area (Å²) in [6, 6.07) is 1.00. The summed E-state index contributed by atoms with van der Waals surface area (Å²) < 4.78 is 13.0. The number of thioether (sulfide) groups is 1. The number of hydrogen-bond acceptors (Lipinski definition) is 5. The lowest BCUT2D eigenvalue weighted by atomic mass is 9.87. The number of carbonyl (C=O) groups is 1. The molecule has 0 aliphatic carbocycles. The van der Waals surface area contributed by atoms with Gasteiger partial charge < -0.3 is 14.2 Å². The molecular formula is C44H91NO3SSi. The molecule has 300 valence electrons. The molecule has 0 rings (SSSR count). The Morgan fingerprint density at radius 2 is 0.900 bits per heavy atom. The van der Waals surface area contributed by atoms with Gasteiger partial charge in [-0.1, -0.05) is 212 Å². The van der Waals surface area contributed by atoms with Crippen molar-refractivity contribution in [3.8, 4) is 0 Å². The molecule has 0 bridgehead atoms. The Hall–Kier alpha value is 0.117. The lowest BCUT2D eigenvalue weighted by Crippen LogP contribution is -2.49. The maximum Gasteiger partial charge on any atom is 0.321 e. The Morgan fingerprint density at radius 3 is 1.28 bits per heavy atom. The van der Waals surface area contributed by atoms with E-state index in [0.29, 0.717) is 5.12 Å². The van der Waals surface area contributed by atoms with Crippen LogP contribution < -0.4 is 5.32 Å². The highest BCUT2D eigenvalue weighted by molar-refractivity contribution is 8.13. The van der Waals surface area contributed by atoms with Gasteiger partial charge in [-0.15, -0.1) is 0 Å². The molecule has 0 radical (unpaired) electrons. The normalized spacial score (nSPS) is 12.6. The number of unbranched alkanes of at least 4 members (excludes halogenated alkanes) is 26. The van der Waals surface area contributed by atoms with Crippen LogP contribution in [0.15, 0.2) is 0 Å². The maximum atomic E-state index is 12.5. The van der Waals surface area contributed by atoms with Gasteiger partial charge >= 0.3 is 9.28 Å². The summed E-state index contributed by atoms with van der Waals surface area (Å²) in [6.07, 6.45) is 43.5. The molecule has 0 heterocycles. The van der Waals surface area contributed by atoms with E-state index in [1.807, 2.05) is 0 Å². The van der Waals surface area contributed by atoms with Crippen LogP contribution in [0, 0.1) is 0 Å². The maximum absolute atomic E-state index is 12.5. The molecule has 0 saturated heterocycles. The van der Waals surface area contributed by atoms with Crippen molar-refractivity contribution < 1.29 is 13.6 Å². The first kappa shape index (κ1) is 50.1. The first-order valence-corrected chi connectivity index (χ1v) is 25.4. The minimum absolute atomic E-state index is 0.0584. The molecule has 50 heavy (non-hydrogen) atoms. The van der Waals surface area contributed by atoms with E-state index in [1.165, 1.54) is 193 Å². The Labute approximate surface area is 321 Å². The van der Waals surface area contributed by atoms with E-state index in [0.717, 1.165) is 44.3 Å². The predicted molar refractivity (Wildman–Crippen MR) is 228 cm³/mol. The first-order chi connectivity index (χ1) is 24.6. The summed E-state index contributed by atoms with van der Waals surface area (Å²) >= 11 is 1.55. The van der Waals surface area contributed by atoms with Crippen LogP contribution in [0.3, 0.4) is 0 Å². The Bertz CT molecular complexity index is 658. The molecule has 1 unspecified atom stereocenters. The fraction of sp³-hybridized carbons (Fsp3) is 0.977. The van der Waals surface area contributed by atoms with Crippen LogP contribution in [-0.4, -0.2) is 46.0 Å². The lowest BCUT2D eigenvalue weighted by Gasteiger charge is -2.35. The second-order valence-electron chi connectivity index (χ2n) is 15.5. The molecule has 0 aliphatic heterocycles. The molecule has 6 heteroatoms. The summed E-state index contributed by atoms with van der Waals surface area (Å²) in [5, 5.41) is 4.17. The average Bonchev–Trinajstić information content (AvgIpc) is 3.12. The SMILES string of the molecule is CCCCCCCCCCCCC(CCCCCCCCCCCC)(CO[SiH](CCCSC(=O)CCCCCCCCCCC)OCC)NC. The van der Waals surface area contributed by atoms with Crippen LogP contribution in [-0.2, 0) is 13.6 Å². The van der Waals surface area contributed by atoms with E-state index >= 15 is 0 Å². The van der Waals surface area contributed by atoms with E-state index in [-0.39, 0.29) is 5.54 Å². The van der Waals surface area contributed by atoms with Gasteiger partial charge in [0, 0.05) is 24.3 Å². The van der Waals surface area contributed by atoms with Crippen LogP contribution in [0.4, 0.5) is 0 Å². The third kappa shape index (κ3) is 33.9. The largest absolute Gasteiger partial charge is 0.397 e. The van der Waals surface area contributed by atoms with Gasteiger partial charge in [-0.2, -0.15) is 0 Å². The summed E-state index contributed by atoms with van der Waals surface area (Å²) in [5.74, 6) is 0.907. The van der Waals surface area contributed by atoms with Gasteiger partial charge in [-0.25, -0.2) is 0 Å². The van der Waals surface area contributed by atoms with Gasteiger partial charge in [0.2, 0.25) is 0 Å². The number of hydrogen-bond donors (Lipinski definition) is 1. The van der Waals surface area contributed by atoms with Gasteiger partial charge in [-0.3, -0.25) is 4.79 Å². The zero-order valence-electron chi connectivity index (χ0n) is 34.9. The lowest BCUT2D eigenvalue weighted by molar-refractivity contribution is -0.111. The standard InChI is InChI=1S/C44H91NO3SSi/c1-6-10-13-16-19-22-25-28-31-34-38-44(45-5,39-35-32-29-26-23-20-17-14-11-7-2)42-48-50(47-9-4)41-36-40-49-43(46)37-33-30-27-24-21-18-15-12-8-3/h45,50H,6-42H2,1-5H3. The minimum atomic E-state index is -1.76. The molecule has 0 spiro atoms. The van der Waals surface area contributed by atoms with Gasteiger partial charge in [-0.05, 0) is 45.7 Å². The highest BCUT2D eigenvalue weighted by Crippen LogP contribution is 2.26. The monoisotopic (exact) mass is 742 g/mol. The van der Waals surface area contributed by atoms with Crippen LogP contribution in [0.2, 0.25) is 6.04 Å². The van der Waals surface area contributed by atoms with Crippen LogP contribution in [0.5, 0.6) is 0 Å². The topological polar surface area (TPSA) is 47.6 Å². The molecule has 1 N–H and O–H groups in total. The Morgan fingerprint density at radius 1 is 0.520 bits per heavy atom.